The zero-order valence-electron chi connectivity index (χ0n) is 11.7. The number of hydrogen-bond donors (Lipinski definition) is 1. The standard InChI is InChI=1S/C13H21N3O3/c1-15-10(7-11(17)16(2)12(15)18)8-14-9-13(19-3)5-4-6-13/h7,14H,4-6,8-9H2,1-3H3. The zero-order chi connectivity index (χ0) is 14.0. The van der Waals surface area contributed by atoms with Gasteiger partial charge in [0, 0.05) is 46.1 Å². The Bertz CT molecular complexity index is 564. The smallest absolute Gasteiger partial charge is 0.330 e. The Morgan fingerprint density at radius 2 is 2.00 bits per heavy atom. The highest BCUT2D eigenvalue weighted by Crippen LogP contribution is 2.34. The highest BCUT2D eigenvalue weighted by molar-refractivity contribution is 5.02. The van der Waals surface area contributed by atoms with Crippen LogP contribution in [-0.2, 0) is 25.4 Å². The van der Waals surface area contributed by atoms with E-state index in [4.69, 9.17) is 4.74 Å². The third-order valence-corrected chi connectivity index (χ3v) is 4.08. The summed E-state index contributed by atoms with van der Waals surface area (Å²) in [4.78, 5) is 23.4. The molecule has 0 radical (unpaired) electrons. The van der Waals surface area contributed by atoms with Gasteiger partial charge in [-0.05, 0) is 19.3 Å². The lowest BCUT2D eigenvalue weighted by molar-refractivity contribution is -0.0696. The van der Waals surface area contributed by atoms with Crippen molar-refractivity contribution in [3.05, 3.63) is 32.6 Å². The number of ether oxygens (including phenoxy) is 1. The summed E-state index contributed by atoms with van der Waals surface area (Å²) in [7, 11) is 4.89. The Hall–Kier alpha value is -1.40. The van der Waals surface area contributed by atoms with Crippen molar-refractivity contribution in [1.82, 2.24) is 14.5 Å². The van der Waals surface area contributed by atoms with Gasteiger partial charge in [0.1, 0.15) is 0 Å². The molecule has 1 heterocycles. The molecule has 0 aliphatic heterocycles. The monoisotopic (exact) mass is 267 g/mol. The maximum Gasteiger partial charge on any atom is 0.330 e. The van der Waals surface area contributed by atoms with Gasteiger partial charge < -0.3 is 10.1 Å². The fraction of sp³-hybridized carbons (Fsp3) is 0.692. The van der Waals surface area contributed by atoms with E-state index in [9.17, 15) is 9.59 Å². The lowest BCUT2D eigenvalue weighted by atomic mass is 9.80. The number of nitrogens with zero attached hydrogens (tertiary/aromatic N) is 2. The normalized spacial score (nSPS) is 17.2. The Kier molecular flexibility index (Phi) is 3.91. The second-order valence-electron chi connectivity index (χ2n) is 5.22. The van der Waals surface area contributed by atoms with E-state index in [1.165, 1.54) is 24.1 Å². The van der Waals surface area contributed by atoms with E-state index < -0.39 is 0 Å². The second-order valence-corrected chi connectivity index (χ2v) is 5.22. The summed E-state index contributed by atoms with van der Waals surface area (Å²) in [5.74, 6) is 0. The Balaban J connectivity index is 2.04. The van der Waals surface area contributed by atoms with Crippen LogP contribution in [0.2, 0.25) is 0 Å². The van der Waals surface area contributed by atoms with Crippen molar-refractivity contribution < 1.29 is 4.74 Å². The van der Waals surface area contributed by atoms with Crippen LogP contribution in [0.3, 0.4) is 0 Å². The molecule has 1 aliphatic rings. The average Bonchev–Trinajstić information content (AvgIpc) is 2.36. The molecule has 0 amide bonds. The molecule has 1 N–H and O–H groups in total. The van der Waals surface area contributed by atoms with Gasteiger partial charge in [0.25, 0.3) is 5.56 Å². The van der Waals surface area contributed by atoms with E-state index in [0.717, 1.165) is 24.0 Å². The fourth-order valence-electron chi connectivity index (χ4n) is 2.39. The first kappa shape index (κ1) is 14.0. The average molecular weight is 267 g/mol. The molecule has 0 spiro atoms. The third kappa shape index (κ3) is 2.64. The molecule has 0 unspecified atom stereocenters. The number of rotatable bonds is 5. The minimum atomic E-state index is -0.297. The number of methoxy groups -OCH3 is 1. The molecule has 19 heavy (non-hydrogen) atoms. The van der Waals surface area contributed by atoms with Crippen LogP contribution in [0.4, 0.5) is 0 Å². The van der Waals surface area contributed by atoms with Crippen LogP contribution in [-0.4, -0.2) is 28.4 Å². The van der Waals surface area contributed by atoms with E-state index in [1.807, 2.05) is 0 Å². The van der Waals surface area contributed by atoms with Crippen molar-refractivity contribution in [3.8, 4) is 0 Å². The van der Waals surface area contributed by atoms with Gasteiger partial charge in [-0.2, -0.15) is 0 Å². The van der Waals surface area contributed by atoms with Crippen LogP contribution in [0, 0.1) is 0 Å². The predicted molar refractivity (Wildman–Crippen MR) is 72.2 cm³/mol. The summed E-state index contributed by atoms with van der Waals surface area (Å²) in [5.41, 5.74) is 0.0663. The molecule has 1 saturated carbocycles. The maximum absolute atomic E-state index is 11.8. The van der Waals surface area contributed by atoms with Crippen LogP contribution in [0.5, 0.6) is 0 Å². The van der Waals surface area contributed by atoms with Gasteiger partial charge >= 0.3 is 5.69 Å². The van der Waals surface area contributed by atoms with Gasteiger partial charge in [0.05, 0.1) is 5.60 Å². The first-order valence-electron chi connectivity index (χ1n) is 6.51. The van der Waals surface area contributed by atoms with Crippen LogP contribution in [0.15, 0.2) is 15.7 Å². The molecule has 2 rings (SSSR count). The van der Waals surface area contributed by atoms with E-state index in [2.05, 4.69) is 5.32 Å². The molecular weight excluding hydrogens is 246 g/mol. The summed E-state index contributed by atoms with van der Waals surface area (Å²) in [6.07, 6.45) is 3.32. The van der Waals surface area contributed by atoms with E-state index in [-0.39, 0.29) is 16.9 Å². The summed E-state index contributed by atoms with van der Waals surface area (Å²) in [6, 6.07) is 1.49. The van der Waals surface area contributed by atoms with Crippen molar-refractivity contribution in [1.29, 1.82) is 0 Å². The quantitative estimate of drug-likeness (QED) is 0.798. The minimum Gasteiger partial charge on any atom is -0.377 e. The molecular formula is C13H21N3O3. The number of aromatic nitrogens is 2. The maximum atomic E-state index is 11.8. The van der Waals surface area contributed by atoms with Crippen molar-refractivity contribution >= 4 is 0 Å². The molecule has 1 aromatic rings. The van der Waals surface area contributed by atoms with Crippen LogP contribution in [0.25, 0.3) is 0 Å². The second kappa shape index (κ2) is 5.30. The van der Waals surface area contributed by atoms with Crippen molar-refractivity contribution in [2.75, 3.05) is 13.7 Å². The highest BCUT2D eigenvalue weighted by atomic mass is 16.5. The molecule has 106 valence electrons. The molecule has 0 saturated heterocycles. The lowest BCUT2D eigenvalue weighted by Gasteiger charge is -2.40. The first-order valence-corrected chi connectivity index (χ1v) is 6.51. The van der Waals surface area contributed by atoms with Crippen molar-refractivity contribution in [2.24, 2.45) is 14.1 Å². The minimum absolute atomic E-state index is 0.0569. The van der Waals surface area contributed by atoms with Crippen molar-refractivity contribution in [3.63, 3.8) is 0 Å². The van der Waals surface area contributed by atoms with E-state index >= 15 is 0 Å². The van der Waals surface area contributed by atoms with Crippen LogP contribution in [0.1, 0.15) is 25.0 Å². The predicted octanol–water partition coefficient (Wildman–Crippen LogP) is -0.257. The molecule has 0 aromatic carbocycles. The van der Waals surface area contributed by atoms with E-state index in [1.54, 1.807) is 14.2 Å². The van der Waals surface area contributed by atoms with Crippen molar-refractivity contribution in [2.45, 2.75) is 31.4 Å². The Morgan fingerprint density at radius 3 is 2.53 bits per heavy atom. The van der Waals surface area contributed by atoms with Gasteiger partial charge in [0.15, 0.2) is 0 Å². The van der Waals surface area contributed by atoms with E-state index in [0.29, 0.717) is 12.2 Å². The number of hydrogen-bond acceptors (Lipinski definition) is 4. The molecule has 6 heteroatoms. The first-order chi connectivity index (χ1) is 8.99. The SMILES string of the molecule is COC1(CNCc2cc(=O)n(C)c(=O)n2C)CCC1. The molecule has 0 atom stereocenters. The van der Waals surface area contributed by atoms with Gasteiger partial charge in [-0.25, -0.2) is 4.79 Å². The lowest BCUT2D eigenvalue weighted by Crippen LogP contribution is -2.48. The highest BCUT2D eigenvalue weighted by Gasteiger charge is 2.36. The Morgan fingerprint density at radius 1 is 1.32 bits per heavy atom. The largest absolute Gasteiger partial charge is 0.377 e. The zero-order valence-corrected chi connectivity index (χ0v) is 11.7. The summed E-state index contributed by atoms with van der Waals surface area (Å²) < 4.78 is 8.11. The van der Waals surface area contributed by atoms with Gasteiger partial charge in [-0.1, -0.05) is 0 Å². The molecule has 6 nitrogen and oxygen atoms in total. The van der Waals surface area contributed by atoms with Gasteiger partial charge in [-0.15, -0.1) is 0 Å². The summed E-state index contributed by atoms with van der Waals surface area (Å²) in [6.45, 7) is 1.24. The van der Waals surface area contributed by atoms with Gasteiger partial charge in [0.2, 0.25) is 0 Å². The number of nitrogens with one attached hydrogen (secondary N) is 1. The summed E-state index contributed by atoms with van der Waals surface area (Å²) in [5, 5.41) is 3.28. The topological polar surface area (TPSA) is 65.3 Å². The fourth-order valence-corrected chi connectivity index (χ4v) is 2.39. The Labute approximate surface area is 112 Å². The summed E-state index contributed by atoms with van der Waals surface area (Å²) >= 11 is 0. The molecule has 1 aliphatic carbocycles. The van der Waals surface area contributed by atoms with Gasteiger partial charge in [-0.3, -0.25) is 13.9 Å². The molecule has 0 bridgehead atoms. The third-order valence-electron chi connectivity index (χ3n) is 4.08. The van der Waals surface area contributed by atoms with Crippen LogP contribution >= 0.6 is 0 Å². The molecule has 1 aromatic heterocycles. The molecule has 1 fully saturated rings. The van der Waals surface area contributed by atoms with Crippen LogP contribution < -0.4 is 16.6 Å².